The van der Waals surface area contributed by atoms with Gasteiger partial charge in [0.2, 0.25) is 0 Å². The first-order valence-electron chi connectivity index (χ1n) is 4.13. The second-order valence-electron chi connectivity index (χ2n) is 2.47. The lowest BCUT2D eigenvalue weighted by Gasteiger charge is -2.09. The second-order valence-corrected chi connectivity index (χ2v) is 4.19. The van der Waals surface area contributed by atoms with Crippen LogP contribution in [-0.2, 0) is 0 Å². The van der Waals surface area contributed by atoms with E-state index < -0.39 is 0 Å². The van der Waals surface area contributed by atoms with E-state index in [1.807, 2.05) is 11.8 Å². The molecule has 0 aromatic rings. The summed E-state index contributed by atoms with van der Waals surface area (Å²) in [7, 11) is 0. The first-order chi connectivity index (χ1) is 4.81. The molecule has 0 amide bonds. The van der Waals surface area contributed by atoms with Gasteiger partial charge in [0.05, 0.1) is 0 Å². The van der Waals surface area contributed by atoms with Crippen molar-refractivity contribution in [2.75, 3.05) is 18.8 Å². The van der Waals surface area contributed by atoms with E-state index in [0.717, 1.165) is 18.3 Å². The average molecular weight is 161 g/mol. The van der Waals surface area contributed by atoms with Gasteiger partial charge in [-0.05, 0) is 18.7 Å². The molecule has 1 nitrogen and oxygen atoms in total. The van der Waals surface area contributed by atoms with Crippen LogP contribution < -0.4 is 5.32 Å². The third-order valence-electron chi connectivity index (χ3n) is 1.31. The highest BCUT2D eigenvalue weighted by molar-refractivity contribution is 7.99. The lowest BCUT2D eigenvalue weighted by Crippen LogP contribution is -2.23. The van der Waals surface area contributed by atoms with Crippen LogP contribution in [0.3, 0.4) is 0 Å². The Kier molecular flexibility index (Phi) is 7.65. The van der Waals surface area contributed by atoms with E-state index in [1.165, 1.54) is 12.2 Å². The van der Waals surface area contributed by atoms with Crippen LogP contribution in [0, 0.1) is 0 Å². The van der Waals surface area contributed by atoms with E-state index in [4.69, 9.17) is 0 Å². The Hall–Kier alpha value is 0.310. The van der Waals surface area contributed by atoms with E-state index in [1.54, 1.807) is 0 Å². The molecule has 0 fully saturated rings. The maximum Gasteiger partial charge on any atom is 0.0144 e. The van der Waals surface area contributed by atoms with Crippen molar-refractivity contribution >= 4 is 11.8 Å². The predicted octanol–water partition coefficient (Wildman–Crippen LogP) is 2.13. The second kappa shape index (κ2) is 7.42. The van der Waals surface area contributed by atoms with Crippen molar-refractivity contribution in [3.05, 3.63) is 0 Å². The van der Waals surface area contributed by atoms with Gasteiger partial charge in [-0.15, -0.1) is 0 Å². The van der Waals surface area contributed by atoms with Gasteiger partial charge in [-0.25, -0.2) is 0 Å². The Morgan fingerprint density at radius 2 is 2.10 bits per heavy atom. The molecule has 0 rings (SSSR count). The molecule has 1 unspecified atom stereocenters. The molecular weight excluding hydrogens is 142 g/mol. The Labute approximate surface area is 69.0 Å². The van der Waals surface area contributed by atoms with E-state index in [-0.39, 0.29) is 0 Å². The molecule has 0 bridgehead atoms. The number of thioether (sulfide) groups is 1. The maximum atomic E-state index is 3.40. The molecule has 0 aliphatic heterocycles. The Bertz CT molecular complexity index is 66.3. The molecule has 2 heteroatoms. The van der Waals surface area contributed by atoms with Crippen LogP contribution in [0.15, 0.2) is 0 Å². The van der Waals surface area contributed by atoms with E-state index in [9.17, 15) is 0 Å². The molecule has 0 aromatic carbocycles. The molecule has 10 heavy (non-hydrogen) atoms. The summed E-state index contributed by atoms with van der Waals surface area (Å²) in [5.74, 6) is 1.23. The van der Waals surface area contributed by atoms with Crippen LogP contribution in [0.5, 0.6) is 0 Å². The minimum Gasteiger partial charge on any atom is -0.316 e. The summed E-state index contributed by atoms with van der Waals surface area (Å²) in [6.07, 6.45) is 1.24. The van der Waals surface area contributed by atoms with Gasteiger partial charge in [0.25, 0.3) is 0 Å². The quantitative estimate of drug-likeness (QED) is 0.599. The molecule has 0 saturated carbocycles. The van der Waals surface area contributed by atoms with Crippen molar-refractivity contribution in [3.63, 3.8) is 0 Å². The van der Waals surface area contributed by atoms with Gasteiger partial charge in [0, 0.05) is 11.8 Å². The largest absolute Gasteiger partial charge is 0.316 e. The zero-order valence-electron chi connectivity index (χ0n) is 7.31. The highest BCUT2D eigenvalue weighted by Crippen LogP contribution is 2.07. The zero-order chi connectivity index (χ0) is 7.82. The first-order valence-corrected chi connectivity index (χ1v) is 5.18. The van der Waals surface area contributed by atoms with Crippen LogP contribution in [0.4, 0.5) is 0 Å². The van der Waals surface area contributed by atoms with Crippen LogP contribution in [0.1, 0.15) is 27.2 Å². The fourth-order valence-electron chi connectivity index (χ4n) is 0.826. The molecule has 0 aliphatic carbocycles. The van der Waals surface area contributed by atoms with Crippen molar-refractivity contribution in [1.82, 2.24) is 5.32 Å². The molecule has 1 atom stereocenters. The molecule has 62 valence electrons. The molecule has 0 heterocycles. The standard InChI is InChI=1S/C8H19NS/c1-4-6-9-7-8(3)10-5-2/h8-9H,4-7H2,1-3H3. The zero-order valence-corrected chi connectivity index (χ0v) is 8.13. The molecule has 0 radical (unpaired) electrons. The fraction of sp³-hybridized carbons (Fsp3) is 1.00. The number of nitrogens with one attached hydrogen (secondary N) is 1. The topological polar surface area (TPSA) is 12.0 Å². The summed E-state index contributed by atoms with van der Waals surface area (Å²) in [5.41, 5.74) is 0. The van der Waals surface area contributed by atoms with E-state index >= 15 is 0 Å². The highest BCUT2D eigenvalue weighted by atomic mass is 32.2. The van der Waals surface area contributed by atoms with Gasteiger partial charge in [-0.3, -0.25) is 0 Å². The number of rotatable bonds is 6. The molecule has 0 aromatic heterocycles. The lowest BCUT2D eigenvalue weighted by atomic mass is 10.4. The predicted molar refractivity (Wildman–Crippen MR) is 50.8 cm³/mol. The summed E-state index contributed by atoms with van der Waals surface area (Å²) < 4.78 is 0. The minimum absolute atomic E-state index is 0.775. The van der Waals surface area contributed by atoms with Crippen molar-refractivity contribution in [1.29, 1.82) is 0 Å². The molecule has 0 aliphatic rings. The monoisotopic (exact) mass is 161 g/mol. The van der Waals surface area contributed by atoms with E-state index in [0.29, 0.717) is 0 Å². The number of hydrogen-bond acceptors (Lipinski definition) is 2. The Morgan fingerprint density at radius 1 is 1.40 bits per heavy atom. The number of hydrogen-bond donors (Lipinski definition) is 1. The van der Waals surface area contributed by atoms with Gasteiger partial charge >= 0.3 is 0 Å². The first kappa shape index (κ1) is 10.3. The van der Waals surface area contributed by atoms with Crippen LogP contribution in [0.2, 0.25) is 0 Å². The van der Waals surface area contributed by atoms with Gasteiger partial charge in [0.1, 0.15) is 0 Å². The van der Waals surface area contributed by atoms with Crippen molar-refractivity contribution in [3.8, 4) is 0 Å². The van der Waals surface area contributed by atoms with Crippen molar-refractivity contribution in [2.24, 2.45) is 0 Å². The van der Waals surface area contributed by atoms with Gasteiger partial charge in [-0.1, -0.05) is 20.8 Å². The summed E-state index contributed by atoms with van der Waals surface area (Å²) in [6.45, 7) is 9.00. The SMILES string of the molecule is CCCNCC(C)SCC. The third kappa shape index (κ3) is 6.43. The summed E-state index contributed by atoms with van der Waals surface area (Å²) >= 11 is 2.02. The average Bonchev–Trinajstić information content (AvgIpc) is 1.89. The molecule has 0 saturated heterocycles. The summed E-state index contributed by atoms with van der Waals surface area (Å²) in [5, 5.41) is 4.17. The molecule has 1 N–H and O–H groups in total. The van der Waals surface area contributed by atoms with Crippen molar-refractivity contribution in [2.45, 2.75) is 32.4 Å². The van der Waals surface area contributed by atoms with E-state index in [2.05, 4.69) is 26.1 Å². The minimum atomic E-state index is 0.775. The van der Waals surface area contributed by atoms with Crippen LogP contribution >= 0.6 is 11.8 Å². The maximum absolute atomic E-state index is 3.40. The third-order valence-corrected chi connectivity index (χ3v) is 2.38. The normalized spacial score (nSPS) is 13.5. The fourth-order valence-corrected chi connectivity index (χ4v) is 1.63. The van der Waals surface area contributed by atoms with Gasteiger partial charge in [-0.2, -0.15) is 11.8 Å². The van der Waals surface area contributed by atoms with Crippen LogP contribution in [-0.4, -0.2) is 24.1 Å². The Balaban J connectivity index is 2.97. The highest BCUT2D eigenvalue weighted by Gasteiger charge is 1.97. The van der Waals surface area contributed by atoms with Gasteiger partial charge < -0.3 is 5.32 Å². The molecule has 0 spiro atoms. The Morgan fingerprint density at radius 3 is 2.60 bits per heavy atom. The summed E-state index contributed by atoms with van der Waals surface area (Å²) in [6, 6.07) is 0. The smallest absolute Gasteiger partial charge is 0.0144 e. The summed E-state index contributed by atoms with van der Waals surface area (Å²) in [4.78, 5) is 0. The van der Waals surface area contributed by atoms with Crippen LogP contribution in [0.25, 0.3) is 0 Å². The van der Waals surface area contributed by atoms with Crippen molar-refractivity contribution < 1.29 is 0 Å². The lowest BCUT2D eigenvalue weighted by molar-refractivity contribution is 0.669. The van der Waals surface area contributed by atoms with Gasteiger partial charge in [0.15, 0.2) is 0 Å². The molecular formula is C8H19NS.